The van der Waals surface area contributed by atoms with E-state index < -0.39 is 0 Å². The van der Waals surface area contributed by atoms with Crippen molar-refractivity contribution in [3.8, 4) is 0 Å². The molecule has 0 amide bonds. The van der Waals surface area contributed by atoms with Gasteiger partial charge in [-0.3, -0.25) is 0 Å². The summed E-state index contributed by atoms with van der Waals surface area (Å²) in [5.74, 6) is 0.268. The summed E-state index contributed by atoms with van der Waals surface area (Å²) in [6, 6.07) is 9.85. The monoisotopic (exact) mass is 275 g/mol. The lowest BCUT2D eigenvalue weighted by Gasteiger charge is -2.17. The molecule has 1 aliphatic rings. The topological polar surface area (TPSA) is 12.0 Å². The second kappa shape index (κ2) is 5.85. The molecule has 0 aliphatic heterocycles. The molecule has 19 heavy (non-hydrogen) atoms. The van der Waals surface area contributed by atoms with Crippen molar-refractivity contribution in [2.75, 3.05) is 6.54 Å². The Hall–Kier alpha value is -1.19. The first-order valence-corrected chi connectivity index (χ1v) is 7.75. The maximum Gasteiger partial charge on any atom is 0.123 e. The van der Waals surface area contributed by atoms with Crippen LogP contribution in [0.5, 0.6) is 0 Å². The molecule has 0 radical (unpaired) electrons. The van der Waals surface area contributed by atoms with Crippen LogP contribution in [0.15, 0.2) is 41.1 Å². The first kappa shape index (κ1) is 12.8. The first-order valence-electron chi connectivity index (χ1n) is 6.81. The summed E-state index contributed by atoms with van der Waals surface area (Å²) in [4.78, 5) is 0. The number of hydrogen-bond donors (Lipinski definition) is 1. The summed E-state index contributed by atoms with van der Waals surface area (Å²) in [5, 5.41) is 7.91. The second-order valence-corrected chi connectivity index (χ2v) is 6.05. The van der Waals surface area contributed by atoms with Crippen LogP contribution in [0.25, 0.3) is 0 Å². The van der Waals surface area contributed by atoms with Crippen LogP contribution < -0.4 is 5.32 Å². The van der Waals surface area contributed by atoms with E-state index >= 15 is 0 Å². The molecule has 3 rings (SSSR count). The third kappa shape index (κ3) is 3.64. The first-order chi connectivity index (χ1) is 9.31. The van der Waals surface area contributed by atoms with Gasteiger partial charge in [-0.05, 0) is 59.3 Å². The smallest absolute Gasteiger partial charge is 0.123 e. The molecule has 1 N–H and O–H groups in total. The van der Waals surface area contributed by atoms with Crippen molar-refractivity contribution in [1.82, 2.24) is 5.32 Å². The minimum atomic E-state index is -0.159. The van der Waals surface area contributed by atoms with Crippen molar-refractivity contribution in [3.05, 3.63) is 58.0 Å². The van der Waals surface area contributed by atoms with Gasteiger partial charge in [0, 0.05) is 18.5 Å². The van der Waals surface area contributed by atoms with Gasteiger partial charge in [0.15, 0.2) is 0 Å². The van der Waals surface area contributed by atoms with Crippen molar-refractivity contribution in [2.24, 2.45) is 0 Å². The van der Waals surface area contributed by atoms with Crippen molar-refractivity contribution in [2.45, 2.75) is 31.2 Å². The van der Waals surface area contributed by atoms with Crippen LogP contribution in [0, 0.1) is 5.82 Å². The Balaban J connectivity index is 1.71. The quantitative estimate of drug-likeness (QED) is 0.841. The predicted molar refractivity (Wildman–Crippen MR) is 78.2 cm³/mol. The molecule has 100 valence electrons. The highest BCUT2D eigenvalue weighted by Gasteiger charge is 2.22. The minimum absolute atomic E-state index is 0.159. The van der Waals surface area contributed by atoms with E-state index in [9.17, 15) is 4.39 Å². The number of benzene rings is 1. The van der Waals surface area contributed by atoms with Gasteiger partial charge < -0.3 is 5.32 Å². The Bertz CT molecular complexity index is 502. The molecule has 0 saturated heterocycles. The van der Waals surface area contributed by atoms with Crippen molar-refractivity contribution in [1.29, 1.82) is 0 Å². The zero-order valence-electron chi connectivity index (χ0n) is 10.8. The molecule has 1 aliphatic carbocycles. The third-order valence-corrected chi connectivity index (χ3v) is 4.37. The fourth-order valence-electron chi connectivity index (χ4n) is 2.33. The van der Waals surface area contributed by atoms with Crippen molar-refractivity contribution < 1.29 is 4.39 Å². The SMILES string of the molecule is Fc1ccc(C(CNC2CC2)Cc2ccsc2)cc1. The Morgan fingerprint density at radius 3 is 2.63 bits per heavy atom. The number of thiophene rings is 1. The van der Waals surface area contributed by atoms with Gasteiger partial charge in [-0.2, -0.15) is 11.3 Å². The van der Waals surface area contributed by atoms with Gasteiger partial charge in [0.05, 0.1) is 0 Å². The standard InChI is InChI=1S/C16H18FNS/c17-15-3-1-13(2-4-15)14(10-18-16-5-6-16)9-12-7-8-19-11-12/h1-4,7-8,11,14,16,18H,5-6,9-10H2. The lowest BCUT2D eigenvalue weighted by atomic mass is 9.93. The Kier molecular flexibility index (Phi) is 3.95. The molecule has 1 atom stereocenters. The van der Waals surface area contributed by atoms with E-state index in [0.717, 1.165) is 13.0 Å². The van der Waals surface area contributed by atoms with E-state index in [1.165, 1.54) is 24.0 Å². The second-order valence-electron chi connectivity index (χ2n) is 5.27. The Morgan fingerprint density at radius 2 is 2.00 bits per heavy atom. The van der Waals surface area contributed by atoms with E-state index in [4.69, 9.17) is 0 Å². The fraction of sp³-hybridized carbons (Fsp3) is 0.375. The third-order valence-electron chi connectivity index (χ3n) is 3.63. The van der Waals surface area contributed by atoms with Gasteiger partial charge in [0.25, 0.3) is 0 Å². The maximum absolute atomic E-state index is 13.0. The number of halogens is 1. The average Bonchev–Trinajstić information content (AvgIpc) is 3.11. The zero-order chi connectivity index (χ0) is 13.1. The van der Waals surface area contributed by atoms with Crippen molar-refractivity contribution in [3.63, 3.8) is 0 Å². The molecule has 1 unspecified atom stereocenters. The maximum atomic E-state index is 13.0. The molecular formula is C16H18FNS. The highest BCUT2D eigenvalue weighted by molar-refractivity contribution is 7.07. The lowest BCUT2D eigenvalue weighted by molar-refractivity contribution is 0.574. The van der Waals surface area contributed by atoms with Crippen LogP contribution in [0.3, 0.4) is 0 Å². The zero-order valence-corrected chi connectivity index (χ0v) is 11.6. The van der Waals surface area contributed by atoms with Gasteiger partial charge in [-0.1, -0.05) is 12.1 Å². The van der Waals surface area contributed by atoms with Gasteiger partial charge >= 0.3 is 0 Å². The summed E-state index contributed by atoms with van der Waals surface area (Å²) in [6.45, 7) is 0.978. The Morgan fingerprint density at radius 1 is 1.21 bits per heavy atom. The van der Waals surface area contributed by atoms with Gasteiger partial charge in [0.2, 0.25) is 0 Å². The van der Waals surface area contributed by atoms with E-state index in [1.807, 2.05) is 12.1 Å². The normalized spacial score (nSPS) is 16.5. The number of hydrogen-bond acceptors (Lipinski definition) is 2. The van der Waals surface area contributed by atoms with Gasteiger partial charge in [-0.25, -0.2) is 4.39 Å². The molecule has 1 fully saturated rings. The number of nitrogens with one attached hydrogen (secondary N) is 1. The van der Waals surface area contributed by atoms with E-state index in [2.05, 4.69) is 22.1 Å². The summed E-state index contributed by atoms with van der Waals surface area (Å²) >= 11 is 1.74. The molecule has 1 heterocycles. The molecule has 3 heteroatoms. The minimum Gasteiger partial charge on any atom is -0.313 e. The van der Waals surface area contributed by atoms with Crippen LogP contribution in [0.2, 0.25) is 0 Å². The lowest BCUT2D eigenvalue weighted by Crippen LogP contribution is -2.24. The molecule has 1 aromatic carbocycles. The summed E-state index contributed by atoms with van der Waals surface area (Å²) in [6.07, 6.45) is 3.62. The number of rotatable bonds is 6. The van der Waals surface area contributed by atoms with E-state index in [-0.39, 0.29) is 5.82 Å². The van der Waals surface area contributed by atoms with Gasteiger partial charge in [0.1, 0.15) is 5.82 Å². The van der Waals surface area contributed by atoms with Crippen LogP contribution in [0.1, 0.15) is 29.9 Å². The van der Waals surface area contributed by atoms with E-state index in [1.54, 1.807) is 23.5 Å². The highest BCUT2D eigenvalue weighted by atomic mass is 32.1. The fourth-order valence-corrected chi connectivity index (χ4v) is 3.01. The molecular weight excluding hydrogens is 257 g/mol. The summed E-state index contributed by atoms with van der Waals surface area (Å²) in [5.41, 5.74) is 2.60. The molecule has 0 bridgehead atoms. The molecule has 1 aromatic heterocycles. The molecule has 1 nitrogen and oxygen atoms in total. The van der Waals surface area contributed by atoms with Crippen LogP contribution in [-0.4, -0.2) is 12.6 Å². The molecule has 1 saturated carbocycles. The van der Waals surface area contributed by atoms with Crippen LogP contribution in [0.4, 0.5) is 4.39 Å². The highest BCUT2D eigenvalue weighted by Crippen LogP contribution is 2.25. The van der Waals surface area contributed by atoms with Crippen LogP contribution in [-0.2, 0) is 6.42 Å². The Labute approximate surface area is 117 Å². The van der Waals surface area contributed by atoms with Gasteiger partial charge in [-0.15, -0.1) is 0 Å². The summed E-state index contributed by atoms with van der Waals surface area (Å²) in [7, 11) is 0. The average molecular weight is 275 g/mol. The predicted octanol–water partition coefficient (Wildman–Crippen LogP) is 3.97. The molecule has 2 aromatic rings. The summed E-state index contributed by atoms with van der Waals surface area (Å²) < 4.78 is 13.0. The largest absolute Gasteiger partial charge is 0.313 e. The van der Waals surface area contributed by atoms with Crippen LogP contribution >= 0.6 is 11.3 Å². The van der Waals surface area contributed by atoms with Crippen molar-refractivity contribution >= 4 is 11.3 Å². The van der Waals surface area contributed by atoms with E-state index in [0.29, 0.717) is 12.0 Å². The molecule has 0 spiro atoms.